The van der Waals surface area contributed by atoms with Crippen LogP contribution >= 0.6 is 0 Å². The van der Waals surface area contributed by atoms with Gasteiger partial charge in [-0.2, -0.15) is 0 Å². The number of benzene rings is 2. The fraction of sp³-hybridized carbons (Fsp3) is 0.0667. The molecule has 0 unspecified atom stereocenters. The van der Waals surface area contributed by atoms with E-state index in [1.807, 2.05) is 6.07 Å². The molecule has 1 atom stereocenters. The third kappa shape index (κ3) is 2.08. The van der Waals surface area contributed by atoms with Crippen molar-refractivity contribution in [1.29, 1.82) is 0 Å². The van der Waals surface area contributed by atoms with Gasteiger partial charge in [-0.1, -0.05) is 36.4 Å². The lowest BCUT2D eigenvalue weighted by atomic mass is 10.1. The normalized spacial score (nSPS) is 16.6. The molecule has 0 saturated carbocycles. The minimum atomic E-state index is -0.962. The first-order valence-corrected chi connectivity index (χ1v) is 5.81. The number of esters is 2. The molecule has 0 fully saturated rings. The van der Waals surface area contributed by atoms with E-state index in [2.05, 4.69) is 0 Å². The van der Waals surface area contributed by atoms with Crippen LogP contribution in [0.3, 0.4) is 0 Å². The summed E-state index contributed by atoms with van der Waals surface area (Å²) in [5.74, 6) is -0.989. The fourth-order valence-electron chi connectivity index (χ4n) is 1.94. The Morgan fingerprint density at radius 1 is 1.00 bits per heavy atom. The van der Waals surface area contributed by atoms with E-state index in [-0.39, 0.29) is 0 Å². The molecular weight excluding hydrogens is 244 g/mol. The third-order valence-corrected chi connectivity index (χ3v) is 2.87. The molecule has 19 heavy (non-hydrogen) atoms. The molecule has 0 saturated heterocycles. The monoisotopic (exact) mass is 254 g/mol. The molecule has 0 amide bonds. The molecule has 4 heteroatoms. The van der Waals surface area contributed by atoms with Crippen molar-refractivity contribution in [3.05, 3.63) is 71.3 Å². The van der Waals surface area contributed by atoms with Gasteiger partial charge in [0.1, 0.15) is 0 Å². The molecule has 2 aromatic carbocycles. The summed E-state index contributed by atoms with van der Waals surface area (Å²) in [5.41, 5.74) is 1.44. The molecule has 1 heterocycles. The SMILES string of the molecule is O=C(O[C@H]1OC(=O)c2ccccc21)c1ccccc1. The van der Waals surface area contributed by atoms with E-state index in [0.29, 0.717) is 16.7 Å². The Bertz CT molecular complexity index is 634. The standard InChI is InChI=1S/C15H10O4/c16-13(10-6-2-1-3-7-10)18-15-12-9-5-4-8-11(12)14(17)19-15/h1-9,15H/t15-/m0/s1. The van der Waals surface area contributed by atoms with Gasteiger partial charge in [-0.25, -0.2) is 9.59 Å². The molecule has 0 N–H and O–H groups in total. The van der Waals surface area contributed by atoms with Gasteiger partial charge in [0, 0.05) is 5.56 Å². The predicted molar refractivity (Wildman–Crippen MR) is 66.5 cm³/mol. The molecule has 94 valence electrons. The van der Waals surface area contributed by atoms with Crippen molar-refractivity contribution in [2.45, 2.75) is 6.29 Å². The Morgan fingerprint density at radius 3 is 2.47 bits per heavy atom. The maximum absolute atomic E-state index is 11.9. The van der Waals surface area contributed by atoms with Gasteiger partial charge in [0.05, 0.1) is 11.1 Å². The predicted octanol–water partition coefficient (Wildman–Crippen LogP) is 2.71. The summed E-state index contributed by atoms with van der Waals surface area (Å²) in [4.78, 5) is 23.5. The van der Waals surface area contributed by atoms with Crippen molar-refractivity contribution in [3.63, 3.8) is 0 Å². The van der Waals surface area contributed by atoms with Crippen molar-refractivity contribution in [3.8, 4) is 0 Å². The lowest BCUT2D eigenvalue weighted by Gasteiger charge is -2.11. The minimum absolute atomic E-state index is 0.419. The molecule has 0 aromatic heterocycles. The van der Waals surface area contributed by atoms with Crippen molar-refractivity contribution in [1.82, 2.24) is 0 Å². The summed E-state index contributed by atoms with van der Waals surface area (Å²) in [6.07, 6.45) is -0.962. The lowest BCUT2D eigenvalue weighted by Crippen LogP contribution is -2.11. The highest BCUT2D eigenvalue weighted by atomic mass is 16.7. The smallest absolute Gasteiger partial charge is 0.342 e. The van der Waals surface area contributed by atoms with E-state index in [1.54, 1.807) is 48.5 Å². The van der Waals surface area contributed by atoms with Crippen LogP contribution in [0.2, 0.25) is 0 Å². The topological polar surface area (TPSA) is 52.6 Å². The van der Waals surface area contributed by atoms with Gasteiger partial charge in [-0.15, -0.1) is 0 Å². The van der Waals surface area contributed by atoms with E-state index in [0.717, 1.165) is 0 Å². The van der Waals surface area contributed by atoms with Crippen LogP contribution in [-0.4, -0.2) is 11.9 Å². The van der Waals surface area contributed by atoms with E-state index in [9.17, 15) is 9.59 Å². The Hall–Kier alpha value is -2.62. The van der Waals surface area contributed by atoms with Gasteiger partial charge >= 0.3 is 11.9 Å². The van der Waals surface area contributed by atoms with Crippen LogP contribution in [0.4, 0.5) is 0 Å². The summed E-state index contributed by atoms with van der Waals surface area (Å²) in [5, 5.41) is 0. The van der Waals surface area contributed by atoms with Crippen LogP contribution < -0.4 is 0 Å². The van der Waals surface area contributed by atoms with Crippen LogP contribution in [0, 0.1) is 0 Å². The summed E-state index contributed by atoms with van der Waals surface area (Å²) < 4.78 is 10.3. The molecule has 3 rings (SSSR count). The van der Waals surface area contributed by atoms with Gasteiger partial charge in [-0.05, 0) is 18.2 Å². The van der Waals surface area contributed by atoms with Gasteiger partial charge in [-0.3, -0.25) is 0 Å². The zero-order valence-electron chi connectivity index (χ0n) is 9.91. The number of carbonyl (C=O) groups excluding carboxylic acids is 2. The maximum Gasteiger partial charge on any atom is 0.342 e. The van der Waals surface area contributed by atoms with Gasteiger partial charge < -0.3 is 9.47 Å². The lowest BCUT2D eigenvalue weighted by molar-refractivity contribution is -0.0724. The molecule has 0 radical (unpaired) electrons. The van der Waals surface area contributed by atoms with Crippen molar-refractivity contribution in [2.24, 2.45) is 0 Å². The zero-order chi connectivity index (χ0) is 13.2. The molecule has 1 aliphatic rings. The molecular formula is C15H10O4. The van der Waals surface area contributed by atoms with Crippen LogP contribution in [0.1, 0.15) is 32.6 Å². The van der Waals surface area contributed by atoms with Gasteiger partial charge in [0.25, 0.3) is 6.29 Å². The van der Waals surface area contributed by atoms with Gasteiger partial charge in [0.2, 0.25) is 0 Å². The summed E-state index contributed by atoms with van der Waals surface area (Å²) in [6, 6.07) is 15.4. The average Bonchev–Trinajstić information content (AvgIpc) is 2.77. The van der Waals surface area contributed by atoms with E-state index in [4.69, 9.17) is 9.47 Å². The number of hydrogen-bond acceptors (Lipinski definition) is 4. The molecule has 4 nitrogen and oxygen atoms in total. The first-order valence-electron chi connectivity index (χ1n) is 5.81. The van der Waals surface area contributed by atoms with Crippen LogP contribution in [-0.2, 0) is 9.47 Å². The van der Waals surface area contributed by atoms with E-state index >= 15 is 0 Å². The molecule has 1 aliphatic heterocycles. The number of cyclic esters (lactones) is 1. The number of rotatable bonds is 2. The second-order valence-corrected chi connectivity index (χ2v) is 4.10. The number of fused-ring (bicyclic) bond motifs is 1. The zero-order valence-corrected chi connectivity index (χ0v) is 9.91. The Morgan fingerprint density at radius 2 is 1.68 bits per heavy atom. The highest BCUT2D eigenvalue weighted by molar-refractivity contribution is 5.95. The first-order chi connectivity index (χ1) is 9.25. The summed E-state index contributed by atoms with van der Waals surface area (Å²) in [7, 11) is 0. The van der Waals surface area contributed by atoms with Crippen LogP contribution in [0.25, 0.3) is 0 Å². The second-order valence-electron chi connectivity index (χ2n) is 4.10. The Kier molecular flexibility index (Phi) is 2.76. The number of ether oxygens (including phenoxy) is 2. The Balaban J connectivity index is 1.83. The average molecular weight is 254 g/mol. The Labute approximate surface area is 109 Å². The molecule has 0 bridgehead atoms. The highest BCUT2D eigenvalue weighted by Gasteiger charge is 2.33. The third-order valence-electron chi connectivity index (χ3n) is 2.87. The largest absolute Gasteiger partial charge is 0.417 e. The maximum atomic E-state index is 11.9. The van der Waals surface area contributed by atoms with Crippen molar-refractivity contribution in [2.75, 3.05) is 0 Å². The highest BCUT2D eigenvalue weighted by Crippen LogP contribution is 2.31. The summed E-state index contributed by atoms with van der Waals surface area (Å²) >= 11 is 0. The van der Waals surface area contributed by atoms with Crippen LogP contribution in [0.5, 0.6) is 0 Å². The van der Waals surface area contributed by atoms with Crippen molar-refractivity contribution >= 4 is 11.9 Å². The molecule has 0 spiro atoms. The second kappa shape index (κ2) is 4.57. The first kappa shape index (κ1) is 11.5. The van der Waals surface area contributed by atoms with Crippen molar-refractivity contribution < 1.29 is 19.1 Å². The fourth-order valence-corrected chi connectivity index (χ4v) is 1.94. The molecule has 0 aliphatic carbocycles. The van der Waals surface area contributed by atoms with E-state index in [1.165, 1.54) is 0 Å². The number of hydrogen-bond donors (Lipinski definition) is 0. The van der Waals surface area contributed by atoms with E-state index < -0.39 is 18.2 Å². The summed E-state index contributed by atoms with van der Waals surface area (Å²) in [6.45, 7) is 0. The van der Waals surface area contributed by atoms with Crippen LogP contribution in [0.15, 0.2) is 54.6 Å². The number of carbonyl (C=O) groups is 2. The minimum Gasteiger partial charge on any atom is -0.417 e. The molecule has 2 aromatic rings. The van der Waals surface area contributed by atoms with Gasteiger partial charge in [0.15, 0.2) is 0 Å². The quantitative estimate of drug-likeness (QED) is 0.773.